The quantitative estimate of drug-likeness (QED) is 0.648. The summed E-state index contributed by atoms with van der Waals surface area (Å²) in [5.74, 6) is -0.924. The molecule has 0 fully saturated rings. The van der Waals surface area contributed by atoms with Crippen LogP contribution in [0.15, 0.2) is 12.3 Å². The lowest BCUT2D eigenvalue weighted by Crippen LogP contribution is -2.05. The van der Waals surface area contributed by atoms with E-state index >= 15 is 0 Å². The smallest absolute Gasteiger partial charge is 0.420 e. The van der Waals surface area contributed by atoms with Crippen molar-refractivity contribution in [2.24, 2.45) is 0 Å². The van der Waals surface area contributed by atoms with E-state index in [1.54, 1.807) is 0 Å². The molecule has 0 unspecified atom stereocenters. The van der Waals surface area contributed by atoms with Gasteiger partial charge in [-0.25, -0.2) is 4.98 Å². The summed E-state index contributed by atoms with van der Waals surface area (Å²) < 4.78 is 35.9. The van der Waals surface area contributed by atoms with E-state index in [1.165, 1.54) is 0 Å². The van der Waals surface area contributed by atoms with Crippen molar-refractivity contribution < 1.29 is 18.3 Å². The molecule has 0 spiro atoms. The van der Waals surface area contributed by atoms with E-state index in [4.69, 9.17) is 16.7 Å². The van der Waals surface area contributed by atoms with Gasteiger partial charge in [0.2, 0.25) is 0 Å². The van der Waals surface area contributed by atoms with E-state index in [1.807, 2.05) is 0 Å². The van der Waals surface area contributed by atoms with Crippen molar-refractivity contribution in [1.29, 1.82) is 0 Å². The average molecular weight is 198 g/mol. The van der Waals surface area contributed by atoms with Crippen molar-refractivity contribution in [2.45, 2.75) is 6.18 Å². The molecule has 0 aromatic carbocycles. The highest BCUT2D eigenvalue weighted by Gasteiger charge is 2.34. The summed E-state index contributed by atoms with van der Waals surface area (Å²) >= 11 is 5.20. The second-order valence-electron chi connectivity index (χ2n) is 2.02. The fourth-order valence-electron chi connectivity index (χ4n) is 0.650. The predicted molar refractivity (Wildman–Crippen MR) is 35.9 cm³/mol. The van der Waals surface area contributed by atoms with Gasteiger partial charge in [-0.05, 0) is 6.07 Å². The molecule has 0 bridgehead atoms. The van der Waals surface area contributed by atoms with E-state index < -0.39 is 17.5 Å². The van der Waals surface area contributed by atoms with Gasteiger partial charge in [-0.1, -0.05) is 11.6 Å². The first-order valence-electron chi connectivity index (χ1n) is 2.83. The Bertz CT molecular complexity index is 299. The highest BCUT2D eigenvalue weighted by Crippen LogP contribution is 2.35. The van der Waals surface area contributed by atoms with Crippen LogP contribution in [0.1, 0.15) is 5.56 Å². The van der Waals surface area contributed by atoms with Crippen LogP contribution in [0.2, 0.25) is 5.15 Å². The minimum Gasteiger partial charge on any atom is -0.506 e. The Labute approximate surface area is 70.6 Å². The van der Waals surface area contributed by atoms with Crippen molar-refractivity contribution in [1.82, 2.24) is 4.98 Å². The third kappa shape index (κ3) is 1.79. The molecule has 0 saturated carbocycles. The number of halogens is 4. The van der Waals surface area contributed by atoms with Crippen molar-refractivity contribution >= 4 is 11.6 Å². The Morgan fingerprint density at radius 2 is 2.00 bits per heavy atom. The standard InChI is InChI=1S/C6H3ClF3NO/c7-5-1-3(6(8,9)10)4(12)2-11-5/h1-2,12H. The molecule has 1 N–H and O–H groups in total. The topological polar surface area (TPSA) is 33.1 Å². The average Bonchev–Trinajstić information content (AvgIpc) is 1.92. The van der Waals surface area contributed by atoms with Crippen molar-refractivity contribution in [3.05, 3.63) is 23.0 Å². The van der Waals surface area contributed by atoms with Crippen LogP contribution in [0.3, 0.4) is 0 Å². The summed E-state index contributed by atoms with van der Waals surface area (Å²) in [6.07, 6.45) is -3.94. The molecule has 0 aliphatic rings. The number of nitrogens with zero attached hydrogens (tertiary/aromatic N) is 1. The largest absolute Gasteiger partial charge is 0.506 e. The molecular weight excluding hydrogens is 195 g/mol. The van der Waals surface area contributed by atoms with Gasteiger partial charge in [0, 0.05) is 0 Å². The van der Waals surface area contributed by atoms with Gasteiger partial charge in [0.25, 0.3) is 0 Å². The molecule has 0 aliphatic heterocycles. The predicted octanol–water partition coefficient (Wildman–Crippen LogP) is 2.46. The molecule has 66 valence electrons. The Morgan fingerprint density at radius 3 is 2.42 bits per heavy atom. The lowest BCUT2D eigenvalue weighted by molar-refractivity contribution is -0.138. The van der Waals surface area contributed by atoms with Crippen LogP contribution < -0.4 is 0 Å². The summed E-state index contributed by atoms with van der Waals surface area (Å²) in [4.78, 5) is 3.27. The maximum absolute atomic E-state index is 12.0. The summed E-state index contributed by atoms with van der Waals surface area (Å²) in [6.45, 7) is 0. The van der Waals surface area contributed by atoms with Crippen LogP contribution in [0.5, 0.6) is 5.75 Å². The van der Waals surface area contributed by atoms with Gasteiger partial charge in [0.15, 0.2) is 0 Å². The molecule has 1 heterocycles. The number of hydrogen-bond donors (Lipinski definition) is 1. The molecule has 12 heavy (non-hydrogen) atoms. The number of rotatable bonds is 0. The van der Waals surface area contributed by atoms with Gasteiger partial charge in [0.05, 0.1) is 6.20 Å². The van der Waals surface area contributed by atoms with Crippen LogP contribution in [0, 0.1) is 0 Å². The first-order chi connectivity index (χ1) is 5.41. The van der Waals surface area contributed by atoms with Gasteiger partial charge < -0.3 is 5.11 Å². The van der Waals surface area contributed by atoms with Gasteiger partial charge in [-0.3, -0.25) is 0 Å². The van der Waals surface area contributed by atoms with Crippen LogP contribution in [-0.4, -0.2) is 10.1 Å². The second-order valence-corrected chi connectivity index (χ2v) is 2.41. The number of pyridine rings is 1. The van der Waals surface area contributed by atoms with E-state index in [-0.39, 0.29) is 5.15 Å². The molecule has 0 radical (unpaired) electrons. The van der Waals surface area contributed by atoms with E-state index in [9.17, 15) is 13.2 Å². The zero-order valence-corrected chi connectivity index (χ0v) is 6.32. The molecule has 0 amide bonds. The molecule has 0 saturated heterocycles. The zero-order chi connectivity index (χ0) is 9.35. The highest BCUT2D eigenvalue weighted by molar-refractivity contribution is 6.29. The molecular formula is C6H3ClF3NO. The molecule has 0 aliphatic carbocycles. The third-order valence-electron chi connectivity index (χ3n) is 1.15. The highest BCUT2D eigenvalue weighted by atomic mass is 35.5. The van der Waals surface area contributed by atoms with Crippen molar-refractivity contribution in [2.75, 3.05) is 0 Å². The molecule has 6 heteroatoms. The number of alkyl halides is 3. The summed E-state index contributed by atoms with van der Waals surface area (Å²) in [5, 5.41) is 8.42. The number of aromatic nitrogens is 1. The van der Waals surface area contributed by atoms with Crippen LogP contribution >= 0.6 is 11.6 Å². The summed E-state index contributed by atoms with van der Waals surface area (Å²) in [5.41, 5.74) is -1.18. The monoisotopic (exact) mass is 197 g/mol. The summed E-state index contributed by atoms with van der Waals surface area (Å²) in [7, 11) is 0. The Kier molecular flexibility index (Phi) is 2.14. The van der Waals surface area contributed by atoms with Crippen LogP contribution in [0.4, 0.5) is 13.2 Å². The first-order valence-corrected chi connectivity index (χ1v) is 3.21. The van der Waals surface area contributed by atoms with Crippen molar-refractivity contribution in [3.8, 4) is 5.75 Å². The zero-order valence-electron chi connectivity index (χ0n) is 5.56. The van der Waals surface area contributed by atoms with Gasteiger partial charge in [-0.15, -0.1) is 0 Å². The molecule has 1 aromatic rings. The SMILES string of the molecule is Oc1cnc(Cl)cc1C(F)(F)F. The van der Waals surface area contributed by atoms with Crippen LogP contribution in [0.25, 0.3) is 0 Å². The van der Waals surface area contributed by atoms with Gasteiger partial charge >= 0.3 is 6.18 Å². The number of hydrogen-bond acceptors (Lipinski definition) is 2. The summed E-state index contributed by atoms with van der Waals surface area (Å²) in [6, 6.07) is 0.566. The lowest BCUT2D eigenvalue weighted by atomic mass is 10.2. The Balaban J connectivity index is 3.23. The second kappa shape index (κ2) is 2.82. The Hall–Kier alpha value is -0.970. The minimum atomic E-state index is -4.60. The fraction of sp³-hybridized carbons (Fsp3) is 0.167. The van der Waals surface area contributed by atoms with Gasteiger partial charge in [-0.2, -0.15) is 13.2 Å². The van der Waals surface area contributed by atoms with Gasteiger partial charge in [0.1, 0.15) is 16.5 Å². The van der Waals surface area contributed by atoms with E-state index in [0.29, 0.717) is 12.3 Å². The maximum atomic E-state index is 12.0. The van der Waals surface area contributed by atoms with E-state index in [0.717, 1.165) is 0 Å². The normalized spacial score (nSPS) is 11.7. The lowest BCUT2D eigenvalue weighted by Gasteiger charge is -2.07. The first kappa shape index (κ1) is 9.12. The minimum absolute atomic E-state index is 0.305. The fourth-order valence-corrected chi connectivity index (χ4v) is 0.808. The van der Waals surface area contributed by atoms with Crippen LogP contribution in [-0.2, 0) is 6.18 Å². The molecule has 0 atom stereocenters. The van der Waals surface area contributed by atoms with Crippen molar-refractivity contribution in [3.63, 3.8) is 0 Å². The van der Waals surface area contributed by atoms with E-state index in [2.05, 4.69) is 4.98 Å². The molecule has 2 nitrogen and oxygen atoms in total. The number of aromatic hydroxyl groups is 1. The molecule has 1 aromatic heterocycles. The Morgan fingerprint density at radius 1 is 1.42 bits per heavy atom. The maximum Gasteiger partial charge on any atom is 0.420 e. The molecule has 1 rings (SSSR count). The third-order valence-corrected chi connectivity index (χ3v) is 1.36.